The van der Waals surface area contributed by atoms with Gasteiger partial charge in [0.15, 0.2) is 0 Å². The number of halogens is 4. The summed E-state index contributed by atoms with van der Waals surface area (Å²) in [7, 11) is 0. The molecule has 1 fully saturated rings. The maximum absolute atomic E-state index is 12.6. The van der Waals surface area contributed by atoms with Crippen molar-refractivity contribution in [3.8, 4) is 0 Å². The Morgan fingerprint density at radius 3 is 2.81 bits per heavy atom. The molecule has 1 amide bonds. The molecule has 1 atom stereocenters. The van der Waals surface area contributed by atoms with Crippen LogP contribution < -0.4 is 10.6 Å². The molecule has 1 aliphatic heterocycles. The smallest absolute Gasteiger partial charge is 0.368 e. The van der Waals surface area contributed by atoms with Crippen molar-refractivity contribution in [3.05, 3.63) is 52.7 Å². The normalized spacial score (nSPS) is 17.0. The number of carbonyl (C=O) groups excluding carboxylic acids is 1. The Kier molecular flexibility index (Phi) is 5.86. The number of nitrogens with one attached hydrogen (secondary N) is 2. The summed E-state index contributed by atoms with van der Waals surface area (Å²) in [5.74, 6) is -0.0384. The van der Waals surface area contributed by atoms with Crippen molar-refractivity contribution >= 4 is 29.0 Å². The molecule has 0 aliphatic carbocycles. The van der Waals surface area contributed by atoms with Gasteiger partial charge in [-0.15, -0.1) is 0 Å². The lowest BCUT2D eigenvalue weighted by Gasteiger charge is -2.13. The molecule has 144 valence electrons. The van der Waals surface area contributed by atoms with Crippen molar-refractivity contribution < 1.29 is 22.7 Å². The first-order valence-electron chi connectivity index (χ1n) is 8.31. The largest absolute Gasteiger partial charge is 0.417 e. The van der Waals surface area contributed by atoms with E-state index in [4.69, 9.17) is 16.3 Å². The van der Waals surface area contributed by atoms with Gasteiger partial charge in [0.05, 0.1) is 10.6 Å². The minimum atomic E-state index is -4.50. The van der Waals surface area contributed by atoms with Crippen molar-refractivity contribution in [1.29, 1.82) is 0 Å². The van der Waals surface area contributed by atoms with E-state index in [-0.39, 0.29) is 23.3 Å². The van der Waals surface area contributed by atoms with Crippen LogP contribution in [-0.2, 0) is 22.3 Å². The van der Waals surface area contributed by atoms with Crippen LogP contribution >= 0.6 is 11.6 Å². The van der Waals surface area contributed by atoms with Crippen LogP contribution in [0, 0.1) is 0 Å². The summed E-state index contributed by atoms with van der Waals surface area (Å²) in [6.45, 7) is 0.866. The van der Waals surface area contributed by atoms with Crippen LogP contribution in [0.3, 0.4) is 0 Å². The minimum absolute atomic E-state index is 0.118. The molecule has 2 heterocycles. The quantitative estimate of drug-likeness (QED) is 0.778. The highest BCUT2D eigenvalue weighted by Gasteiger charge is 2.31. The minimum Gasteiger partial charge on any atom is -0.368 e. The molecular formula is C18H17ClF3N3O2. The third kappa shape index (κ3) is 5.11. The van der Waals surface area contributed by atoms with E-state index in [0.717, 1.165) is 24.2 Å². The van der Waals surface area contributed by atoms with Crippen molar-refractivity contribution in [2.75, 3.05) is 17.2 Å². The number of alkyl halides is 3. The Balaban J connectivity index is 1.62. The van der Waals surface area contributed by atoms with Crippen molar-refractivity contribution in [3.63, 3.8) is 0 Å². The highest BCUT2D eigenvalue weighted by molar-refractivity contribution is 6.32. The van der Waals surface area contributed by atoms with E-state index in [0.29, 0.717) is 18.7 Å². The average Bonchev–Trinajstić information content (AvgIpc) is 3.15. The predicted molar refractivity (Wildman–Crippen MR) is 95.6 cm³/mol. The number of nitrogens with zero attached hydrogens (tertiary/aromatic N) is 1. The number of amides is 1. The van der Waals surface area contributed by atoms with Gasteiger partial charge in [0, 0.05) is 25.0 Å². The number of benzene rings is 1. The number of anilines is 2. The molecule has 3 rings (SSSR count). The summed E-state index contributed by atoms with van der Waals surface area (Å²) in [5, 5.41) is 5.58. The van der Waals surface area contributed by atoms with Crippen LogP contribution in [0.5, 0.6) is 0 Å². The van der Waals surface area contributed by atoms with Crippen molar-refractivity contribution in [2.24, 2.45) is 0 Å². The summed E-state index contributed by atoms with van der Waals surface area (Å²) in [6, 6.07) is 7.92. The first kappa shape index (κ1) is 19.4. The Hall–Kier alpha value is -2.32. The van der Waals surface area contributed by atoms with Gasteiger partial charge in [0.1, 0.15) is 11.9 Å². The molecule has 0 bridgehead atoms. The fourth-order valence-corrected chi connectivity index (χ4v) is 2.91. The highest BCUT2D eigenvalue weighted by atomic mass is 35.5. The molecule has 0 saturated carbocycles. The Morgan fingerprint density at radius 1 is 1.33 bits per heavy atom. The van der Waals surface area contributed by atoms with E-state index >= 15 is 0 Å². The van der Waals surface area contributed by atoms with Gasteiger partial charge in [-0.25, -0.2) is 4.98 Å². The number of rotatable bonds is 5. The van der Waals surface area contributed by atoms with Crippen LogP contribution in [0.4, 0.5) is 24.7 Å². The third-order valence-corrected chi connectivity index (χ3v) is 4.33. The molecule has 1 aromatic heterocycles. The maximum Gasteiger partial charge on any atom is 0.417 e. The summed E-state index contributed by atoms with van der Waals surface area (Å²) in [4.78, 5) is 15.8. The molecule has 0 spiro atoms. The molecule has 9 heteroatoms. The molecule has 1 saturated heterocycles. The molecule has 2 aromatic rings. The predicted octanol–water partition coefficient (Wildman–Crippen LogP) is 4.48. The fourth-order valence-electron chi connectivity index (χ4n) is 2.68. The second-order valence-corrected chi connectivity index (χ2v) is 6.50. The van der Waals surface area contributed by atoms with E-state index in [1.807, 2.05) is 6.07 Å². The van der Waals surface area contributed by atoms with Crippen LogP contribution in [0.1, 0.15) is 24.0 Å². The second-order valence-electron chi connectivity index (χ2n) is 6.10. The Morgan fingerprint density at radius 2 is 2.15 bits per heavy atom. The molecule has 2 N–H and O–H groups in total. The van der Waals surface area contributed by atoms with Gasteiger partial charge in [-0.05, 0) is 36.6 Å². The SMILES string of the molecule is O=C(Nc1cccc(CNc2ncc(C(F)(F)F)cc2Cl)c1)[C@H]1CCCO1. The zero-order chi connectivity index (χ0) is 19.4. The van der Waals surface area contributed by atoms with Crippen LogP contribution in [0.15, 0.2) is 36.5 Å². The van der Waals surface area contributed by atoms with Crippen molar-refractivity contribution in [2.45, 2.75) is 31.7 Å². The monoisotopic (exact) mass is 399 g/mol. The van der Waals surface area contributed by atoms with E-state index in [9.17, 15) is 18.0 Å². The van der Waals surface area contributed by atoms with Gasteiger partial charge in [0.2, 0.25) is 0 Å². The van der Waals surface area contributed by atoms with Gasteiger partial charge in [-0.2, -0.15) is 13.2 Å². The molecule has 27 heavy (non-hydrogen) atoms. The zero-order valence-corrected chi connectivity index (χ0v) is 14.9. The van der Waals surface area contributed by atoms with Gasteiger partial charge >= 0.3 is 6.18 Å². The summed E-state index contributed by atoms with van der Waals surface area (Å²) < 4.78 is 43.3. The fraction of sp³-hybridized carbons (Fsp3) is 0.333. The molecule has 1 aliphatic rings. The number of aromatic nitrogens is 1. The van der Waals surface area contributed by atoms with Crippen LogP contribution in [0.2, 0.25) is 5.02 Å². The molecular weight excluding hydrogens is 383 g/mol. The zero-order valence-electron chi connectivity index (χ0n) is 14.1. The molecule has 1 aromatic carbocycles. The van der Waals surface area contributed by atoms with Gasteiger partial charge in [-0.3, -0.25) is 4.79 Å². The lowest BCUT2D eigenvalue weighted by molar-refractivity contribution is -0.137. The first-order chi connectivity index (χ1) is 12.8. The van der Waals surface area contributed by atoms with E-state index in [1.54, 1.807) is 18.2 Å². The second kappa shape index (κ2) is 8.14. The highest BCUT2D eigenvalue weighted by Crippen LogP contribution is 2.32. The molecule has 0 radical (unpaired) electrons. The van der Waals surface area contributed by atoms with E-state index in [1.165, 1.54) is 0 Å². The Labute approximate surface area is 158 Å². The number of carbonyl (C=O) groups is 1. The number of ether oxygens (including phenoxy) is 1. The lowest BCUT2D eigenvalue weighted by atomic mass is 10.2. The standard InChI is InChI=1S/C18H17ClF3N3O2/c19-14-8-12(18(20,21)22)10-24-16(14)23-9-11-3-1-4-13(7-11)25-17(26)15-5-2-6-27-15/h1,3-4,7-8,10,15H,2,5-6,9H2,(H,23,24)(H,25,26)/t15-/m1/s1. The first-order valence-corrected chi connectivity index (χ1v) is 8.69. The molecule has 0 unspecified atom stereocenters. The van der Waals surface area contributed by atoms with Crippen molar-refractivity contribution in [1.82, 2.24) is 4.98 Å². The van der Waals surface area contributed by atoms with Gasteiger partial charge in [-0.1, -0.05) is 23.7 Å². The Bertz CT molecular complexity index is 824. The van der Waals surface area contributed by atoms with Gasteiger partial charge in [0.25, 0.3) is 5.91 Å². The number of hydrogen-bond donors (Lipinski definition) is 2. The topological polar surface area (TPSA) is 63.2 Å². The third-order valence-electron chi connectivity index (χ3n) is 4.05. The summed E-state index contributed by atoms with van der Waals surface area (Å²) in [6.07, 6.45) is -2.63. The maximum atomic E-state index is 12.6. The van der Waals surface area contributed by atoms with E-state index < -0.39 is 17.8 Å². The molecule has 5 nitrogen and oxygen atoms in total. The lowest BCUT2D eigenvalue weighted by Crippen LogP contribution is -2.26. The number of pyridine rings is 1. The van der Waals surface area contributed by atoms with Gasteiger partial charge < -0.3 is 15.4 Å². The number of hydrogen-bond acceptors (Lipinski definition) is 4. The van der Waals surface area contributed by atoms with E-state index in [2.05, 4.69) is 15.6 Å². The summed E-state index contributed by atoms with van der Waals surface area (Å²) in [5.41, 5.74) is 0.510. The van der Waals surface area contributed by atoms with Crippen LogP contribution in [0.25, 0.3) is 0 Å². The summed E-state index contributed by atoms with van der Waals surface area (Å²) >= 11 is 5.88. The van der Waals surface area contributed by atoms with Crippen LogP contribution in [-0.4, -0.2) is 23.6 Å². The average molecular weight is 400 g/mol.